The van der Waals surface area contributed by atoms with Crippen LogP contribution in [0.15, 0.2) is 53.4 Å². The maximum absolute atomic E-state index is 12.9. The first-order chi connectivity index (χ1) is 13.8. The number of carbonyl (C=O) groups is 1. The number of methoxy groups -OCH3 is 1. The smallest absolute Gasteiger partial charge is 0.243 e. The number of hydrogen-bond donors (Lipinski definition) is 0. The Morgan fingerprint density at radius 2 is 1.62 bits per heavy atom. The Kier molecular flexibility index (Phi) is 6.72. The van der Waals surface area contributed by atoms with Gasteiger partial charge in [0.15, 0.2) is 5.78 Å². The highest BCUT2D eigenvalue weighted by molar-refractivity contribution is 7.89. The van der Waals surface area contributed by atoms with Crippen LogP contribution in [-0.4, -0.2) is 63.2 Å². The maximum Gasteiger partial charge on any atom is 0.243 e. The second kappa shape index (κ2) is 9.07. The van der Waals surface area contributed by atoms with Gasteiger partial charge in [-0.2, -0.15) is 4.31 Å². The SMILES string of the molecule is COc1ccccc1C(=O)CN1CCN(S(=O)(=O)c2ccc(C(C)C)cc2)CC1. The van der Waals surface area contributed by atoms with Crippen LogP contribution in [0.2, 0.25) is 0 Å². The molecule has 0 N–H and O–H groups in total. The lowest BCUT2D eigenvalue weighted by atomic mass is 10.0. The van der Waals surface area contributed by atoms with E-state index in [2.05, 4.69) is 13.8 Å². The number of para-hydroxylation sites is 1. The molecule has 0 spiro atoms. The Bertz CT molecular complexity index is 947. The molecule has 1 heterocycles. The van der Waals surface area contributed by atoms with Crippen molar-refractivity contribution in [1.29, 1.82) is 0 Å². The van der Waals surface area contributed by atoms with Gasteiger partial charge in [-0.25, -0.2) is 8.42 Å². The van der Waals surface area contributed by atoms with E-state index in [0.29, 0.717) is 48.3 Å². The number of sulfonamides is 1. The third kappa shape index (κ3) is 4.86. The number of ketones is 1. The second-order valence-electron chi connectivity index (χ2n) is 7.53. The summed E-state index contributed by atoms with van der Waals surface area (Å²) in [7, 11) is -1.97. The largest absolute Gasteiger partial charge is 0.496 e. The molecular weight excluding hydrogens is 388 g/mol. The van der Waals surface area contributed by atoms with Crippen molar-refractivity contribution in [2.24, 2.45) is 0 Å². The predicted molar refractivity (Wildman–Crippen MR) is 113 cm³/mol. The summed E-state index contributed by atoms with van der Waals surface area (Å²) in [6, 6.07) is 14.3. The fraction of sp³-hybridized carbons (Fsp3) is 0.409. The number of piperazine rings is 1. The fourth-order valence-electron chi connectivity index (χ4n) is 3.47. The highest BCUT2D eigenvalue weighted by Gasteiger charge is 2.29. The molecule has 0 atom stereocenters. The van der Waals surface area contributed by atoms with Gasteiger partial charge in [0.25, 0.3) is 0 Å². The van der Waals surface area contributed by atoms with Crippen molar-refractivity contribution in [3.8, 4) is 5.75 Å². The Labute approximate surface area is 173 Å². The van der Waals surface area contributed by atoms with E-state index in [1.54, 1.807) is 31.4 Å². The zero-order chi connectivity index (χ0) is 21.0. The molecule has 0 amide bonds. The summed E-state index contributed by atoms with van der Waals surface area (Å²) < 4.78 is 32.6. The standard InChI is InChI=1S/C22H28N2O4S/c1-17(2)18-8-10-19(11-9-18)29(26,27)24-14-12-23(13-15-24)16-21(25)20-6-4-5-7-22(20)28-3/h4-11,17H,12-16H2,1-3H3. The van der Waals surface area contributed by atoms with E-state index in [9.17, 15) is 13.2 Å². The summed E-state index contributed by atoms with van der Waals surface area (Å²) in [5, 5.41) is 0. The van der Waals surface area contributed by atoms with Gasteiger partial charge in [0.2, 0.25) is 10.0 Å². The number of benzene rings is 2. The quantitative estimate of drug-likeness (QED) is 0.649. The van der Waals surface area contributed by atoms with Crippen LogP contribution in [0.4, 0.5) is 0 Å². The van der Waals surface area contributed by atoms with Crippen LogP contribution in [0, 0.1) is 0 Å². The summed E-state index contributed by atoms with van der Waals surface area (Å²) in [6.45, 7) is 6.18. The molecule has 1 saturated heterocycles. The molecule has 0 bridgehead atoms. The molecule has 1 aliphatic heterocycles. The van der Waals surface area contributed by atoms with Crippen LogP contribution in [0.25, 0.3) is 0 Å². The van der Waals surface area contributed by atoms with E-state index >= 15 is 0 Å². The van der Waals surface area contributed by atoms with E-state index in [4.69, 9.17) is 4.74 Å². The summed E-state index contributed by atoms with van der Waals surface area (Å²) in [6.07, 6.45) is 0. The second-order valence-corrected chi connectivity index (χ2v) is 9.47. The average Bonchev–Trinajstić information content (AvgIpc) is 2.74. The molecule has 1 fully saturated rings. The van der Waals surface area contributed by atoms with Crippen LogP contribution >= 0.6 is 0 Å². The van der Waals surface area contributed by atoms with E-state index in [1.807, 2.05) is 29.2 Å². The van der Waals surface area contributed by atoms with Gasteiger partial charge in [0.1, 0.15) is 5.75 Å². The molecule has 2 aromatic carbocycles. The maximum atomic E-state index is 12.9. The van der Waals surface area contributed by atoms with Crippen molar-refractivity contribution in [2.45, 2.75) is 24.7 Å². The molecule has 7 heteroatoms. The van der Waals surface area contributed by atoms with Crippen molar-refractivity contribution in [3.05, 3.63) is 59.7 Å². The third-order valence-electron chi connectivity index (χ3n) is 5.29. The zero-order valence-corrected chi connectivity index (χ0v) is 18.0. The van der Waals surface area contributed by atoms with Crippen molar-refractivity contribution in [3.63, 3.8) is 0 Å². The summed E-state index contributed by atoms with van der Waals surface area (Å²) in [5.41, 5.74) is 1.67. The molecule has 0 unspecified atom stereocenters. The van der Waals surface area contributed by atoms with Gasteiger partial charge in [0, 0.05) is 26.2 Å². The van der Waals surface area contributed by atoms with Gasteiger partial charge in [0.05, 0.1) is 24.1 Å². The normalized spacial score (nSPS) is 16.1. The molecule has 29 heavy (non-hydrogen) atoms. The number of hydrogen-bond acceptors (Lipinski definition) is 5. The van der Waals surface area contributed by atoms with Crippen LogP contribution < -0.4 is 4.74 Å². The number of ether oxygens (including phenoxy) is 1. The van der Waals surface area contributed by atoms with Gasteiger partial charge in [-0.1, -0.05) is 38.1 Å². The molecule has 0 aliphatic carbocycles. The van der Waals surface area contributed by atoms with Gasteiger partial charge >= 0.3 is 0 Å². The number of nitrogens with zero attached hydrogens (tertiary/aromatic N) is 2. The van der Waals surface area contributed by atoms with Gasteiger partial charge < -0.3 is 4.74 Å². The number of Topliss-reactive ketones (excluding diaryl/α,β-unsaturated/α-hetero) is 1. The Balaban J connectivity index is 1.61. The summed E-state index contributed by atoms with van der Waals surface area (Å²) >= 11 is 0. The lowest BCUT2D eigenvalue weighted by Gasteiger charge is -2.33. The molecule has 6 nitrogen and oxygen atoms in total. The lowest BCUT2D eigenvalue weighted by molar-refractivity contribution is 0.0899. The van der Waals surface area contributed by atoms with E-state index < -0.39 is 10.0 Å². The molecule has 156 valence electrons. The Morgan fingerprint density at radius 1 is 1.00 bits per heavy atom. The molecular formula is C22H28N2O4S. The first-order valence-corrected chi connectivity index (χ1v) is 11.3. The highest BCUT2D eigenvalue weighted by Crippen LogP contribution is 2.22. The Morgan fingerprint density at radius 3 is 2.21 bits per heavy atom. The molecule has 0 aromatic heterocycles. The zero-order valence-electron chi connectivity index (χ0n) is 17.2. The van der Waals surface area contributed by atoms with Crippen LogP contribution in [0.1, 0.15) is 35.7 Å². The summed E-state index contributed by atoms with van der Waals surface area (Å²) in [5.74, 6) is 0.891. The van der Waals surface area contributed by atoms with E-state index in [1.165, 1.54) is 4.31 Å². The van der Waals surface area contributed by atoms with Gasteiger partial charge in [-0.15, -0.1) is 0 Å². The van der Waals surface area contributed by atoms with Crippen molar-refractivity contribution < 1.29 is 17.9 Å². The number of carbonyl (C=O) groups excluding carboxylic acids is 1. The molecule has 0 saturated carbocycles. The average molecular weight is 417 g/mol. The van der Waals surface area contributed by atoms with Crippen molar-refractivity contribution >= 4 is 15.8 Å². The van der Waals surface area contributed by atoms with Crippen LogP contribution in [0.5, 0.6) is 5.75 Å². The van der Waals surface area contributed by atoms with Crippen LogP contribution in [0.3, 0.4) is 0 Å². The summed E-state index contributed by atoms with van der Waals surface area (Å²) in [4.78, 5) is 14.9. The first kappa shape index (κ1) is 21.5. The first-order valence-electron chi connectivity index (χ1n) is 9.81. The molecule has 2 aromatic rings. The topological polar surface area (TPSA) is 66.9 Å². The highest BCUT2D eigenvalue weighted by atomic mass is 32.2. The van der Waals surface area contributed by atoms with E-state index in [0.717, 1.165) is 5.56 Å². The van der Waals surface area contributed by atoms with E-state index in [-0.39, 0.29) is 12.3 Å². The Hall–Kier alpha value is -2.22. The van der Waals surface area contributed by atoms with Gasteiger partial charge in [-0.3, -0.25) is 9.69 Å². The third-order valence-corrected chi connectivity index (χ3v) is 7.20. The minimum Gasteiger partial charge on any atom is -0.496 e. The molecule has 1 aliphatic rings. The number of rotatable bonds is 7. The molecule has 3 rings (SSSR count). The van der Waals surface area contributed by atoms with Crippen LogP contribution in [-0.2, 0) is 10.0 Å². The molecule has 0 radical (unpaired) electrons. The minimum atomic E-state index is -3.52. The van der Waals surface area contributed by atoms with Crippen molar-refractivity contribution in [2.75, 3.05) is 39.8 Å². The predicted octanol–water partition coefficient (Wildman–Crippen LogP) is 3.01. The van der Waals surface area contributed by atoms with Gasteiger partial charge in [-0.05, 0) is 35.7 Å². The van der Waals surface area contributed by atoms with Crippen molar-refractivity contribution in [1.82, 2.24) is 9.21 Å². The monoisotopic (exact) mass is 416 g/mol. The lowest BCUT2D eigenvalue weighted by Crippen LogP contribution is -2.49. The minimum absolute atomic E-state index is 0.0250. The fourth-order valence-corrected chi connectivity index (χ4v) is 4.89.